The van der Waals surface area contributed by atoms with E-state index in [9.17, 15) is 0 Å². The second kappa shape index (κ2) is 5.54. The molecule has 17 heavy (non-hydrogen) atoms. The van der Waals surface area contributed by atoms with Gasteiger partial charge < -0.3 is 10.2 Å². The SMILES string of the molecule is CCc1ccc(N2CCCC(NC)C2)cc1C. The zero-order chi connectivity index (χ0) is 12.3. The molecule has 0 spiro atoms. The summed E-state index contributed by atoms with van der Waals surface area (Å²) in [6.07, 6.45) is 3.73. The standard InChI is InChI=1S/C15H24N2/c1-4-13-7-8-15(10-12(13)2)17-9-5-6-14(11-17)16-3/h7-8,10,14,16H,4-6,9,11H2,1-3H3. The molecule has 1 atom stereocenters. The summed E-state index contributed by atoms with van der Waals surface area (Å²) in [7, 11) is 2.07. The van der Waals surface area contributed by atoms with Crippen molar-refractivity contribution in [2.75, 3.05) is 25.0 Å². The maximum atomic E-state index is 3.40. The first-order chi connectivity index (χ1) is 8.24. The monoisotopic (exact) mass is 232 g/mol. The Labute approximate surface area is 105 Å². The Bertz CT molecular complexity index is 373. The van der Waals surface area contributed by atoms with Crippen molar-refractivity contribution in [3.05, 3.63) is 29.3 Å². The molecular weight excluding hydrogens is 208 g/mol. The number of aryl methyl sites for hydroxylation is 2. The van der Waals surface area contributed by atoms with Crippen LogP contribution in [0.2, 0.25) is 0 Å². The van der Waals surface area contributed by atoms with Gasteiger partial charge in [-0.3, -0.25) is 0 Å². The van der Waals surface area contributed by atoms with Crippen molar-refractivity contribution in [3.63, 3.8) is 0 Å². The van der Waals surface area contributed by atoms with Crippen LogP contribution in [-0.2, 0) is 6.42 Å². The number of hydrogen-bond acceptors (Lipinski definition) is 2. The van der Waals surface area contributed by atoms with E-state index in [1.165, 1.54) is 36.2 Å². The number of hydrogen-bond donors (Lipinski definition) is 1. The van der Waals surface area contributed by atoms with E-state index in [-0.39, 0.29) is 0 Å². The highest BCUT2D eigenvalue weighted by atomic mass is 15.2. The highest BCUT2D eigenvalue weighted by Crippen LogP contribution is 2.23. The second-order valence-corrected chi connectivity index (χ2v) is 5.04. The molecular formula is C15H24N2. The van der Waals surface area contributed by atoms with Crippen LogP contribution < -0.4 is 10.2 Å². The molecule has 0 aliphatic carbocycles. The Balaban J connectivity index is 2.13. The molecule has 2 nitrogen and oxygen atoms in total. The van der Waals surface area contributed by atoms with Gasteiger partial charge in [0.1, 0.15) is 0 Å². The summed E-state index contributed by atoms with van der Waals surface area (Å²) in [4.78, 5) is 2.51. The average Bonchev–Trinajstić information content (AvgIpc) is 2.38. The molecule has 1 unspecified atom stereocenters. The van der Waals surface area contributed by atoms with Gasteiger partial charge in [0.2, 0.25) is 0 Å². The van der Waals surface area contributed by atoms with E-state index in [2.05, 4.69) is 49.3 Å². The van der Waals surface area contributed by atoms with Crippen molar-refractivity contribution in [2.24, 2.45) is 0 Å². The van der Waals surface area contributed by atoms with E-state index in [0.717, 1.165) is 13.0 Å². The lowest BCUT2D eigenvalue weighted by atomic mass is 10.0. The molecule has 2 rings (SSSR count). The van der Waals surface area contributed by atoms with Crippen molar-refractivity contribution in [1.82, 2.24) is 5.32 Å². The van der Waals surface area contributed by atoms with Crippen molar-refractivity contribution < 1.29 is 0 Å². The van der Waals surface area contributed by atoms with Crippen molar-refractivity contribution in [1.29, 1.82) is 0 Å². The lowest BCUT2D eigenvalue weighted by Gasteiger charge is -2.34. The first-order valence-corrected chi connectivity index (χ1v) is 6.76. The van der Waals surface area contributed by atoms with Crippen LogP contribution in [0.1, 0.15) is 30.9 Å². The molecule has 1 aromatic carbocycles. The second-order valence-electron chi connectivity index (χ2n) is 5.04. The van der Waals surface area contributed by atoms with Crippen molar-refractivity contribution in [3.8, 4) is 0 Å². The molecule has 1 heterocycles. The molecule has 2 heteroatoms. The van der Waals surface area contributed by atoms with Crippen LogP contribution in [0.3, 0.4) is 0 Å². The number of nitrogens with zero attached hydrogens (tertiary/aromatic N) is 1. The smallest absolute Gasteiger partial charge is 0.0369 e. The average molecular weight is 232 g/mol. The van der Waals surface area contributed by atoms with Gasteiger partial charge in [0.25, 0.3) is 0 Å². The third-order valence-electron chi connectivity index (χ3n) is 3.90. The van der Waals surface area contributed by atoms with Gasteiger partial charge in [-0.05, 0) is 56.5 Å². The summed E-state index contributed by atoms with van der Waals surface area (Å²) in [5.41, 5.74) is 4.28. The lowest BCUT2D eigenvalue weighted by molar-refractivity contribution is 0.449. The first-order valence-electron chi connectivity index (χ1n) is 6.76. The van der Waals surface area contributed by atoms with Gasteiger partial charge in [-0.2, -0.15) is 0 Å². The fourth-order valence-corrected chi connectivity index (χ4v) is 2.72. The zero-order valence-corrected chi connectivity index (χ0v) is 11.3. The summed E-state index contributed by atoms with van der Waals surface area (Å²) < 4.78 is 0. The van der Waals surface area contributed by atoms with Crippen LogP contribution in [0, 0.1) is 6.92 Å². The van der Waals surface area contributed by atoms with Gasteiger partial charge in [-0.25, -0.2) is 0 Å². The maximum Gasteiger partial charge on any atom is 0.0369 e. The van der Waals surface area contributed by atoms with E-state index in [1.807, 2.05) is 0 Å². The first kappa shape index (κ1) is 12.4. The van der Waals surface area contributed by atoms with Crippen molar-refractivity contribution >= 4 is 5.69 Å². The van der Waals surface area contributed by atoms with E-state index in [1.54, 1.807) is 0 Å². The van der Waals surface area contributed by atoms with E-state index in [4.69, 9.17) is 0 Å². The Morgan fingerprint density at radius 1 is 1.41 bits per heavy atom. The van der Waals surface area contributed by atoms with Crippen molar-refractivity contribution in [2.45, 2.75) is 39.2 Å². The number of piperidine rings is 1. The largest absolute Gasteiger partial charge is 0.370 e. The van der Waals surface area contributed by atoms with Gasteiger partial charge in [0.15, 0.2) is 0 Å². The van der Waals surface area contributed by atoms with Crippen LogP contribution in [0.4, 0.5) is 5.69 Å². The normalized spacial score (nSPS) is 20.6. The van der Waals surface area contributed by atoms with Gasteiger partial charge in [0, 0.05) is 24.8 Å². The Hall–Kier alpha value is -1.02. The number of likely N-dealkylation sites (N-methyl/N-ethyl adjacent to an activating group) is 1. The van der Waals surface area contributed by atoms with Crippen LogP contribution >= 0.6 is 0 Å². The van der Waals surface area contributed by atoms with Gasteiger partial charge >= 0.3 is 0 Å². The summed E-state index contributed by atoms with van der Waals surface area (Å²) >= 11 is 0. The van der Waals surface area contributed by atoms with Crippen LogP contribution in [0.25, 0.3) is 0 Å². The topological polar surface area (TPSA) is 15.3 Å². The predicted octanol–water partition coefficient (Wildman–Crippen LogP) is 2.75. The molecule has 94 valence electrons. The fraction of sp³-hybridized carbons (Fsp3) is 0.600. The predicted molar refractivity (Wildman–Crippen MR) is 74.9 cm³/mol. The van der Waals surface area contributed by atoms with Crippen LogP contribution in [-0.4, -0.2) is 26.2 Å². The number of anilines is 1. The molecule has 1 fully saturated rings. The molecule has 0 radical (unpaired) electrons. The number of rotatable bonds is 3. The fourth-order valence-electron chi connectivity index (χ4n) is 2.72. The molecule has 1 aliphatic rings. The molecule has 1 saturated heterocycles. The zero-order valence-electron chi connectivity index (χ0n) is 11.3. The number of nitrogens with one attached hydrogen (secondary N) is 1. The maximum absolute atomic E-state index is 3.40. The van der Waals surface area contributed by atoms with E-state index < -0.39 is 0 Å². The summed E-state index contributed by atoms with van der Waals surface area (Å²) in [6, 6.07) is 7.56. The van der Waals surface area contributed by atoms with Gasteiger partial charge in [-0.1, -0.05) is 13.0 Å². The minimum atomic E-state index is 0.648. The lowest BCUT2D eigenvalue weighted by Crippen LogP contribution is -2.44. The minimum Gasteiger partial charge on any atom is -0.370 e. The van der Waals surface area contributed by atoms with E-state index >= 15 is 0 Å². The summed E-state index contributed by atoms with van der Waals surface area (Å²) in [5.74, 6) is 0. The molecule has 0 bridgehead atoms. The van der Waals surface area contributed by atoms with E-state index in [0.29, 0.717) is 6.04 Å². The Kier molecular flexibility index (Phi) is 4.06. The molecule has 1 aliphatic heterocycles. The minimum absolute atomic E-state index is 0.648. The third kappa shape index (κ3) is 2.81. The molecule has 0 aromatic heterocycles. The summed E-state index contributed by atoms with van der Waals surface area (Å²) in [6.45, 7) is 6.78. The third-order valence-corrected chi connectivity index (χ3v) is 3.90. The summed E-state index contributed by atoms with van der Waals surface area (Å²) in [5, 5.41) is 3.40. The molecule has 1 N–H and O–H groups in total. The highest BCUT2D eigenvalue weighted by Gasteiger charge is 2.18. The van der Waals surface area contributed by atoms with Gasteiger partial charge in [-0.15, -0.1) is 0 Å². The highest BCUT2D eigenvalue weighted by molar-refractivity contribution is 5.51. The molecule has 0 saturated carbocycles. The Morgan fingerprint density at radius 3 is 2.88 bits per heavy atom. The quantitative estimate of drug-likeness (QED) is 0.862. The Morgan fingerprint density at radius 2 is 2.24 bits per heavy atom. The van der Waals surface area contributed by atoms with Gasteiger partial charge in [0.05, 0.1) is 0 Å². The molecule has 0 amide bonds. The number of benzene rings is 1. The van der Waals surface area contributed by atoms with Crippen LogP contribution in [0.15, 0.2) is 18.2 Å². The van der Waals surface area contributed by atoms with Crippen LogP contribution in [0.5, 0.6) is 0 Å². The molecule has 1 aromatic rings.